The Balaban J connectivity index is 1.38. The van der Waals surface area contributed by atoms with E-state index in [9.17, 15) is 13.2 Å². The maximum absolute atomic E-state index is 12.7. The van der Waals surface area contributed by atoms with Gasteiger partial charge in [-0.2, -0.15) is 13.2 Å². The van der Waals surface area contributed by atoms with Crippen molar-refractivity contribution in [3.63, 3.8) is 0 Å². The van der Waals surface area contributed by atoms with Crippen LogP contribution in [-0.4, -0.2) is 46.1 Å². The van der Waals surface area contributed by atoms with Crippen LogP contribution in [0.3, 0.4) is 0 Å². The first kappa shape index (κ1) is 16.8. The summed E-state index contributed by atoms with van der Waals surface area (Å²) in [5, 5.41) is 8.36. The lowest BCUT2D eigenvalue weighted by atomic mass is 10.1. The first-order valence-electron chi connectivity index (χ1n) is 8.43. The van der Waals surface area contributed by atoms with Gasteiger partial charge in [-0.25, -0.2) is 4.68 Å². The summed E-state index contributed by atoms with van der Waals surface area (Å²) < 4.78 is 39.9. The Morgan fingerprint density at radius 2 is 1.58 bits per heavy atom. The summed E-state index contributed by atoms with van der Waals surface area (Å²) in [4.78, 5) is 4.37. The lowest BCUT2D eigenvalue weighted by molar-refractivity contribution is -0.137. The van der Waals surface area contributed by atoms with Gasteiger partial charge in [-0.3, -0.25) is 4.90 Å². The summed E-state index contributed by atoms with van der Waals surface area (Å²) >= 11 is 0. The zero-order valence-corrected chi connectivity index (χ0v) is 14.0. The molecule has 3 aromatic rings. The van der Waals surface area contributed by atoms with Crippen LogP contribution in [0.1, 0.15) is 5.56 Å². The zero-order valence-electron chi connectivity index (χ0n) is 14.0. The van der Waals surface area contributed by atoms with Gasteiger partial charge in [0.05, 0.1) is 17.7 Å². The number of aromatic nitrogens is 3. The molecule has 0 amide bonds. The van der Waals surface area contributed by atoms with Crippen molar-refractivity contribution >= 4 is 16.7 Å². The van der Waals surface area contributed by atoms with E-state index in [1.54, 1.807) is 12.1 Å². The predicted molar refractivity (Wildman–Crippen MR) is 92.8 cm³/mol. The first-order chi connectivity index (χ1) is 12.5. The van der Waals surface area contributed by atoms with E-state index < -0.39 is 11.7 Å². The second-order valence-electron chi connectivity index (χ2n) is 6.37. The average Bonchev–Trinajstić information content (AvgIpc) is 3.05. The Morgan fingerprint density at radius 3 is 2.27 bits per heavy atom. The highest BCUT2D eigenvalue weighted by Gasteiger charge is 2.30. The largest absolute Gasteiger partial charge is 0.416 e. The standard InChI is InChI=1S/C18H18F3N5/c19-18(20,21)14-5-7-15(8-6-14)25-11-9-24(10-12-25)13-26-17-4-2-1-3-16(17)22-23-26/h1-8H,9-13H2. The van der Waals surface area contributed by atoms with Gasteiger partial charge in [0, 0.05) is 31.9 Å². The van der Waals surface area contributed by atoms with Gasteiger partial charge in [0.2, 0.25) is 0 Å². The van der Waals surface area contributed by atoms with E-state index in [1.807, 2.05) is 28.9 Å². The first-order valence-corrected chi connectivity index (χ1v) is 8.43. The number of anilines is 1. The second-order valence-corrected chi connectivity index (χ2v) is 6.37. The Kier molecular flexibility index (Phi) is 4.28. The van der Waals surface area contributed by atoms with E-state index in [0.29, 0.717) is 6.67 Å². The Hall–Kier alpha value is -2.61. The highest BCUT2D eigenvalue weighted by Crippen LogP contribution is 2.30. The number of hydrogen-bond acceptors (Lipinski definition) is 4. The van der Waals surface area contributed by atoms with Crippen molar-refractivity contribution in [1.29, 1.82) is 0 Å². The highest BCUT2D eigenvalue weighted by atomic mass is 19.4. The summed E-state index contributed by atoms with van der Waals surface area (Å²) in [5.41, 5.74) is 2.08. The van der Waals surface area contributed by atoms with E-state index >= 15 is 0 Å². The van der Waals surface area contributed by atoms with Gasteiger partial charge >= 0.3 is 6.18 Å². The molecule has 0 radical (unpaired) electrons. The quantitative estimate of drug-likeness (QED) is 0.718. The average molecular weight is 361 g/mol. The van der Waals surface area contributed by atoms with Gasteiger partial charge in [-0.1, -0.05) is 17.3 Å². The summed E-state index contributed by atoms with van der Waals surface area (Å²) in [6.07, 6.45) is -4.29. The fourth-order valence-electron chi connectivity index (χ4n) is 3.22. The smallest absolute Gasteiger partial charge is 0.369 e. The minimum Gasteiger partial charge on any atom is -0.369 e. The van der Waals surface area contributed by atoms with Gasteiger partial charge in [0.1, 0.15) is 5.52 Å². The number of rotatable bonds is 3. The van der Waals surface area contributed by atoms with Gasteiger partial charge in [-0.15, -0.1) is 5.10 Å². The van der Waals surface area contributed by atoms with Gasteiger partial charge < -0.3 is 4.90 Å². The summed E-state index contributed by atoms with van der Waals surface area (Å²) in [5.74, 6) is 0. The molecule has 1 saturated heterocycles. The van der Waals surface area contributed by atoms with E-state index in [1.165, 1.54) is 0 Å². The summed E-state index contributed by atoms with van der Waals surface area (Å²) in [7, 11) is 0. The second kappa shape index (κ2) is 6.60. The Labute approximate surface area is 148 Å². The van der Waals surface area contributed by atoms with E-state index in [2.05, 4.69) is 20.1 Å². The van der Waals surface area contributed by atoms with Crippen LogP contribution in [0, 0.1) is 0 Å². The molecule has 136 valence electrons. The van der Waals surface area contributed by atoms with Crippen LogP contribution < -0.4 is 4.90 Å². The molecule has 2 heterocycles. The molecule has 1 aliphatic heterocycles. The molecule has 26 heavy (non-hydrogen) atoms. The minimum absolute atomic E-state index is 0.613. The molecular formula is C18H18F3N5. The molecule has 8 heteroatoms. The number of hydrogen-bond donors (Lipinski definition) is 0. The Morgan fingerprint density at radius 1 is 0.885 bits per heavy atom. The van der Waals surface area contributed by atoms with E-state index in [4.69, 9.17) is 0 Å². The molecule has 0 unspecified atom stereocenters. The molecule has 0 bridgehead atoms. The molecule has 2 aromatic carbocycles. The monoisotopic (exact) mass is 361 g/mol. The zero-order chi connectivity index (χ0) is 18.1. The third kappa shape index (κ3) is 3.37. The minimum atomic E-state index is -4.29. The van der Waals surface area contributed by atoms with Crippen molar-refractivity contribution in [1.82, 2.24) is 19.9 Å². The van der Waals surface area contributed by atoms with Crippen LogP contribution in [0.2, 0.25) is 0 Å². The number of nitrogens with zero attached hydrogens (tertiary/aromatic N) is 5. The number of alkyl halides is 3. The normalized spacial score (nSPS) is 16.3. The van der Waals surface area contributed by atoms with E-state index in [0.717, 1.165) is 55.0 Å². The lowest BCUT2D eigenvalue weighted by Crippen LogP contribution is -2.46. The van der Waals surface area contributed by atoms with Crippen LogP contribution in [-0.2, 0) is 12.8 Å². The number of benzene rings is 2. The van der Waals surface area contributed by atoms with Crippen molar-refractivity contribution in [2.45, 2.75) is 12.8 Å². The molecule has 1 aromatic heterocycles. The molecule has 0 aliphatic carbocycles. The summed E-state index contributed by atoms with van der Waals surface area (Å²) in [6, 6.07) is 13.2. The maximum atomic E-state index is 12.7. The molecule has 5 nitrogen and oxygen atoms in total. The predicted octanol–water partition coefficient (Wildman–Crippen LogP) is 3.23. The number of fused-ring (bicyclic) bond motifs is 1. The SMILES string of the molecule is FC(F)(F)c1ccc(N2CCN(Cn3nnc4ccccc43)CC2)cc1. The van der Waals surface area contributed by atoms with Gasteiger partial charge in [-0.05, 0) is 36.4 Å². The molecule has 0 atom stereocenters. The van der Waals surface area contributed by atoms with Gasteiger partial charge in [0.15, 0.2) is 0 Å². The van der Waals surface area contributed by atoms with Crippen molar-refractivity contribution in [2.24, 2.45) is 0 Å². The highest BCUT2D eigenvalue weighted by molar-refractivity contribution is 5.73. The molecule has 0 spiro atoms. The van der Waals surface area contributed by atoms with Crippen LogP contribution >= 0.6 is 0 Å². The van der Waals surface area contributed by atoms with Crippen molar-refractivity contribution < 1.29 is 13.2 Å². The summed E-state index contributed by atoms with van der Waals surface area (Å²) in [6.45, 7) is 3.81. The molecule has 1 fully saturated rings. The number of halogens is 3. The fraction of sp³-hybridized carbons (Fsp3) is 0.333. The van der Waals surface area contributed by atoms with Crippen LogP contribution in [0.4, 0.5) is 18.9 Å². The van der Waals surface area contributed by atoms with Crippen molar-refractivity contribution in [2.75, 3.05) is 31.1 Å². The Bertz CT molecular complexity index is 880. The van der Waals surface area contributed by atoms with Crippen molar-refractivity contribution in [3.05, 3.63) is 54.1 Å². The maximum Gasteiger partial charge on any atom is 0.416 e. The van der Waals surface area contributed by atoms with Crippen LogP contribution in [0.5, 0.6) is 0 Å². The molecule has 4 rings (SSSR count). The topological polar surface area (TPSA) is 37.2 Å². The number of piperazine rings is 1. The van der Waals surface area contributed by atoms with Crippen molar-refractivity contribution in [3.8, 4) is 0 Å². The van der Waals surface area contributed by atoms with Crippen LogP contribution in [0.25, 0.3) is 11.0 Å². The molecule has 0 N–H and O–H groups in total. The molecule has 1 aliphatic rings. The molecular weight excluding hydrogens is 343 g/mol. The van der Waals surface area contributed by atoms with E-state index in [-0.39, 0.29) is 0 Å². The number of para-hydroxylation sites is 1. The van der Waals surface area contributed by atoms with Crippen LogP contribution in [0.15, 0.2) is 48.5 Å². The van der Waals surface area contributed by atoms with Gasteiger partial charge in [0.25, 0.3) is 0 Å². The molecule has 0 saturated carbocycles. The fourth-order valence-corrected chi connectivity index (χ4v) is 3.22. The third-order valence-corrected chi connectivity index (χ3v) is 4.69. The third-order valence-electron chi connectivity index (χ3n) is 4.69. The lowest BCUT2D eigenvalue weighted by Gasteiger charge is -2.36.